The standard InChI is InChI=1S/C14H12Cl2N4OS/c1-7-17-13(21-2)5-14(18-7)22-6-12-19-10-3-8(15)9(16)4-11(10)20-12/h3-5H,6H2,1-2H3,(H,19,20). The minimum atomic E-state index is 0.496. The van der Waals surface area contributed by atoms with Crippen molar-refractivity contribution in [2.45, 2.75) is 17.7 Å². The van der Waals surface area contributed by atoms with Gasteiger partial charge in [-0.3, -0.25) is 0 Å². The van der Waals surface area contributed by atoms with E-state index in [0.29, 0.717) is 27.5 Å². The summed E-state index contributed by atoms with van der Waals surface area (Å²) in [5, 5.41) is 1.84. The molecule has 0 saturated heterocycles. The molecule has 22 heavy (non-hydrogen) atoms. The number of nitrogens with zero attached hydrogens (tertiary/aromatic N) is 3. The Kier molecular flexibility index (Phi) is 4.42. The molecule has 2 heterocycles. The van der Waals surface area contributed by atoms with Crippen molar-refractivity contribution < 1.29 is 4.74 Å². The summed E-state index contributed by atoms with van der Waals surface area (Å²) < 4.78 is 5.14. The summed E-state index contributed by atoms with van der Waals surface area (Å²) in [5.74, 6) is 2.69. The number of nitrogens with one attached hydrogen (secondary N) is 1. The maximum atomic E-state index is 6.00. The van der Waals surface area contributed by atoms with E-state index >= 15 is 0 Å². The van der Waals surface area contributed by atoms with Crippen molar-refractivity contribution in [1.29, 1.82) is 0 Å². The molecule has 8 heteroatoms. The number of methoxy groups -OCH3 is 1. The zero-order chi connectivity index (χ0) is 15.7. The Hall–Kier alpha value is -1.50. The third-order valence-electron chi connectivity index (χ3n) is 2.93. The number of aromatic nitrogens is 4. The summed E-state index contributed by atoms with van der Waals surface area (Å²) in [4.78, 5) is 16.3. The maximum Gasteiger partial charge on any atom is 0.217 e. The highest BCUT2D eigenvalue weighted by Crippen LogP contribution is 2.28. The molecule has 0 saturated carbocycles. The number of fused-ring (bicyclic) bond motifs is 1. The van der Waals surface area contributed by atoms with Gasteiger partial charge in [0.25, 0.3) is 0 Å². The fourth-order valence-corrected chi connectivity index (χ4v) is 3.08. The van der Waals surface area contributed by atoms with Gasteiger partial charge in [-0.1, -0.05) is 35.0 Å². The molecule has 0 aliphatic rings. The number of hydrogen-bond acceptors (Lipinski definition) is 5. The number of H-pyrrole nitrogens is 1. The number of halogens is 2. The molecule has 114 valence electrons. The van der Waals surface area contributed by atoms with E-state index in [1.807, 2.05) is 6.92 Å². The second-order valence-corrected chi connectivity index (χ2v) is 6.36. The van der Waals surface area contributed by atoms with Crippen LogP contribution in [-0.4, -0.2) is 27.0 Å². The van der Waals surface area contributed by atoms with E-state index in [0.717, 1.165) is 21.9 Å². The van der Waals surface area contributed by atoms with Gasteiger partial charge >= 0.3 is 0 Å². The molecule has 0 bridgehead atoms. The minimum Gasteiger partial charge on any atom is -0.481 e. The van der Waals surface area contributed by atoms with Crippen LogP contribution in [0.2, 0.25) is 10.0 Å². The molecule has 0 aliphatic carbocycles. The monoisotopic (exact) mass is 354 g/mol. The first-order valence-corrected chi connectivity index (χ1v) is 8.15. The predicted molar refractivity (Wildman–Crippen MR) is 89.0 cm³/mol. The third kappa shape index (κ3) is 3.29. The van der Waals surface area contributed by atoms with Gasteiger partial charge in [0.15, 0.2) is 0 Å². The van der Waals surface area contributed by atoms with Gasteiger partial charge in [0.1, 0.15) is 16.7 Å². The maximum absolute atomic E-state index is 6.00. The van der Waals surface area contributed by atoms with Gasteiger partial charge in [-0.25, -0.2) is 9.97 Å². The molecule has 3 aromatic rings. The van der Waals surface area contributed by atoms with E-state index in [1.54, 1.807) is 37.1 Å². The van der Waals surface area contributed by atoms with Crippen LogP contribution in [0.1, 0.15) is 11.6 Å². The molecule has 0 fully saturated rings. The van der Waals surface area contributed by atoms with Gasteiger partial charge in [0.05, 0.1) is 33.9 Å². The van der Waals surface area contributed by atoms with Crippen LogP contribution >= 0.6 is 35.0 Å². The Morgan fingerprint density at radius 2 is 1.91 bits per heavy atom. The Morgan fingerprint density at radius 1 is 1.14 bits per heavy atom. The Balaban J connectivity index is 1.80. The first-order valence-electron chi connectivity index (χ1n) is 6.41. The summed E-state index contributed by atoms with van der Waals surface area (Å²) >= 11 is 13.6. The number of imidazole rings is 1. The first kappa shape index (κ1) is 15.4. The van der Waals surface area contributed by atoms with Crippen LogP contribution < -0.4 is 4.74 Å². The topological polar surface area (TPSA) is 63.7 Å². The Morgan fingerprint density at radius 3 is 2.68 bits per heavy atom. The van der Waals surface area contributed by atoms with E-state index in [-0.39, 0.29) is 0 Å². The highest BCUT2D eigenvalue weighted by Gasteiger charge is 2.08. The number of rotatable bonds is 4. The number of ether oxygens (including phenoxy) is 1. The van der Waals surface area contributed by atoms with Crippen molar-refractivity contribution in [3.63, 3.8) is 0 Å². The minimum absolute atomic E-state index is 0.496. The van der Waals surface area contributed by atoms with Crippen LogP contribution in [0.5, 0.6) is 5.88 Å². The van der Waals surface area contributed by atoms with Crippen LogP contribution in [-0.2, 0) is 5.75 Å². The van der Waals surface area contributed by atoms with Crippen LogP contribution in [0, 0.1) is 6.92 Å². The molecule has 1 N–H and O–H groups in total. The highest BCUT2D eigenvalue weighted by atomic mass is 35.5. The molecule has 0 unspecified atom stereocenters. The van der Waals surface area contributed by atoms with Crippen LogP contribution in [0.3, 0.4) is 0 Å². The van der Waals surface area contributed by atoms with Crippen LogP contribution in [0.25, 0.3) is 11.0 Å². The van der Waals surface area contributed by atoms with Crippen LogP contribution in [0.15, 0.2) is 23.2 Å². The lowest BCUT2D eigenvalue weighted by Gasteiger charge is -2.03. The van der Waals surface area contributed by atoms with Crippen molar-refractivity contribution in [3.05, 3.63) is 39.9 Å². The van der Waals surface area contributed by atoms with Gasteiger partial charge < -0.3 is 9.72 Å². The summed E-state index contributed by atoms with van der Waals surface area (Å²) in [6.45, 7) is 1.83. The smallest absolute Gasteiger partial charge is 0.217 e. The molecular formula is C14H12Cl2N4OS. The van der Waals surface area contributed by atoms with Crippen molar-refractivity contribution in [2.75, 3.05) is 7.11 Å². The quantitative estimate of drug-likeness (QED) is 0.559. The molecule has 2 aromatic heterocycles. The lowest BCUT2D eigenvalue weighted by atomic mass is 10.3. The second kappa shape index (κ2) is 6.32. The van der Waals surface area contributed by atoms with E-state index in [1.165, 1.54) is 0 Å². The van der Waals surface area contributed by atoms with Gasteiger partial charge in [0, 0.05) is 6.07 Å². The fraction of sp³-hybridized carbons (Fsp3) is 0.214. The average molecular weight is 355 g/mol. The normalized spacial score (nSPS) is 11.1. The number of thioether (sulfide) groups is 1. The summed E-state index contributed by atoms with van der Waals surface area (Å²) in [6, 6.07) is 5.33. The van der Waals surface area contributed by atoms with Gasteiger partial charge in [-0.05, 0) is 19.1 Å². The van der Waals surface area contributed by atoms with Crippen LogP contribution in [0.4, 0.5) is 0 Å². The largest absolute Gasteiger partial charge is 0.481 e. The summed E-state index contributed by atoms with van der Waals surface area (Å²) in [7, 11) is 1.59. The Bertz CT molecular complexity index is 798. The van der Waals surface area contributed by atoms with Gasteiger partial charge in [-0.15, -0.1) is 0 Å². The molecule has 0 aliphatic heterocycles. The summed E-state index contributed by atoms with van der Waals surface area (Å²) in [5.41, 5.74) is 1.66. The highest BCUT2D eigenvalue weighted by molar-refractivity contribution is 7.98. The lowest BCUT2D eigenvalue weighted by Crippen LogP contribution is -1.95. The molecule has 3 rings (SSSR count). The van der Waals surface area contributed by atoms with E-state index in [4.69, 9.17) is 27.9 Å². The van der Waals surface area contributed by atoms with Gasteiger partial charge in [-0.2, -0.15) is 4.98 Å². The van der Waals surface area contributed by atoms with Crippen molar-refractivity contribution >= 4 is 46.0 Å². The molecule has 1 aromatic carbocycles. The molecule has 0 radical (unpaired) electrons. The number of hydrogen-bond donors (Lipinski definition) is 1. The second-order valence-electron chi connectivity index (χ2n) is 4.55. The van der Waals surface area contributed by atoms with Crippen molar-refractivity contribution in [1.82, 2.24) is 19.9 Å². The van der Waals surface area contributed by atoms with Crippen molar-refractivity contribution in [2.24, 2.45) is 0 Å². The molecule has 0 spiro atoms. The summed E-state index contributed by atoms with van der Waals surface area (Å²) in [6.07, 6.45) is 0. The van der Waals surface area contributed by atoms with E-state index < -0.39 is 0 Å². The van der Waals surface area contributed by atoms with E-state index in [2.05, 4.69) is 19.9 Å². The molecule has 0 atom stereocenters. The first-order chi connectivity index (χ1) is 10.5. The lowest BCUT2D eigenvalue weighted by molar-refractivity contribution is 0.393. The number of benzene rings is 1. The number of aromatic amines is 1. The fourth-order valence-electron chi connectivity index (χ4n) is 1.96. The van der Waals surface area contributed by atoms with Gasteiger partial charge in [0.2, 0.25) is 5.88 Å². The molecule has 5 nitrogen and oxygen atoms in total. The number of aryl methyl sites for hydroxylation is 1. The van der Waals surface area contributed by atoms with E-state index in [9.17, 15) is 0 Å². The Labute approximate surface area is 141 Å². The zero-order valence-electron chi connectivity index (χ0n) is 11.9. The molecular weight excluding hydrogens is 343 g/mol. The molecule has 0 amide bonds. The zero-order valence-corrected chi connectivity index (χ0v) is 14.2. The van der Waals surface area contributed by atoms with Crippen molar-refractivity contribution in [3.8, 4) is 5.88 Å². The predicted octanol–water partition coefficient (Wildman–Crippen LogP) is 4.27. The SMILES string of the molecule is COc1cc(SCc2nc3cc(Cl)c(Cl)cc3[nH]2)nc(C)n1. The third-order valence-corrected chi connectivity index (χ3v) is 4.57. The average Bonchev–Trinajstić information content (AvgIpc) is 2.87.